The van der Waals surface area contributed by atoms with Gasteiger partial charge in [-0.1, -0.05) is 131 Å². The maximum Gasteiger partial charge on any atom is 0.326 e. The lowest BCUT2D eigenvalue weighted by Crippen LogP contribution is -2.41. The number of hydrogen-bond donors (Lipinski definition) is 2. The zero-order valence-electron chi connectivity index (χ0n) is 31.9. The number of rotatable bonds is 8. The molecule has 2 saturated heterocycles. The van der Waals surface area contributed by atoms with E-state index in [1.165, 1.54) is 9.80 Å². The van der Waals surface area contributed by atoms with Gasteiger partial charge >= 0.3 is 11.9 Å². The first-order valence-electron chi connectivity index (χ1n) is 19.2. The smallest absolute Gasteiger partial charge is 0.326 e. The Morgan fingerprint density at radius 2 is 0.833 bits per heavy atom. The summed E-state index contributed by atoms with van der Waals surface area (Å²) in [5.74, 6) is -2.64. The van der Waals surface area contributed by atoms with Gasteiger partial charge in [0.15, 0.2) is 0 Å². The molecule has 0 spiro atoms. The lowest BCUT2D eigenvalue weighted by Gasteiger charge is -2.29. The normalized spacial score (nSPS) is 18.4. The molecular weight excluding hydrogens is 842 g/mol. The molecule has 0 aliphatic carbocycles. The van der Waals surface area contributed by atoms with E-state index >= 15 is 0 Å². The van der Waals surface area contributed by atoms with Crippen LogP contribution in [0.1, 0.15) is 69.6 Å². The number of aliphatic carboxylic acids is 2. The summed E-state index contributed by atoms with van der Waals surface area (Å²) in [4.78, 5) is 53.3. The van der Waals surface area contributed by atoms with E-state index in [0.717, 1.165) is 33.4 Å². The molecule has 12 heteroatoms. The highest BCUT2D eigenvalue weighted by atomic mass is 35.5. The third kappa shape index (κ3) is 9.23. The van der Waals surface area contributed by atoms with Gasteiger partial charge in [-0.25, -0.2) is 9.59 Å². The maximum atomic E-state index is 13.4. The van der Waals surface area contributed by atoms with Gasteiger partial charge in [-0.15, -0.1) is 0 Å². The van der Waals surface area contributed by atoms with Gasteiger partial charge in [-0.2, -0.15) is 0 Å². The van der Waals surface area contributed by atoms with Gasteiger partial charge in [0, 0.05) is 31.2 Å². The summed E-state index contributed by atoms with van der Waals surface area (Å²) in [6, 6.07) is 41.2. The Bertz CT molecular complexity index is 2530. The standard InChI is InChI=1S/2C24H19Cl2NO3/c25-18-5-3-4-17(14-18)15-8-10-16(11-9-15)23(28)27-21(12-13-22(27)24(29)30)19-6-1-2-7-20(19)26;25-18-11-9-16(10-12-18)15-5-7-17(8-6-15)23(28)27-21(13-14-22(27)24(29)30)19-3-1-2-4-20(19)26/h1-11,14,21-22H,12-13H2,(H,29,30);1-12,21-22H,13-14H2,(H,29,30)/t2*21-,22+/m11/s1. The highest BCUT2D eigenvalue weighted by Crippen LogP contribution is 2.42. The number of amides is 2. The molecule has 8 rings (SSSR count). The summed E-state index contributed by atoms with van der Waals surface area (Å²) in [6.07, 6.45) is 1.87. The van der Waals surface area contributed by atoms with Crippen LogP contribution in [0.2, 0.25) is 20.1 Å². The van der Waals surface area contributed by atoms with Gasteiger partial charge in [0.2, 0.25) is 0 Å². The van der Waals surface area contributed by atoms with Crippen molar-refractivity contribution in [2.45, 2.75) is 49.9 Å². The molecule has 2 aliphatic heterocycles. The van der Waals surface area contributed by atoms with E-state index in [0.29, 0.717) is 56.9 Å². The van der Waals surface area contributed by atoms with E-state index in [2.05, 4.69) is 0 Å². The highest BCUT2D eigenvalue weighted by Gasteiger charge is 2.44. The molecule has 0 bridgehead atoms. The topological polar surface area (TPSA) is 115 Å². The number of carbonyl (C=O) groups is 4. The zero-order valence-corrected chi connectivity index (χ0v) is 35.0. The van der Waals surface area contributed by atoms with Crippen LogP contribution < -0.4 is 0 Å². The number of nitrogens with zero attached hydrogens (tertiary/aromatic N) is 2. The van der Waals surface area contributed by atoms with Crippen LogP contribution in [-0.2, 0) is 9.59 Å². The first kappa shape index (κ1) is 42.5. The second-order valence-electron chi connectivity index (χ2n) is 14.5. The van der Waals surface area contributed by atoms with Crippen LogP contribution in [0, 0.1) is 0 Å². The Labute approximate surface area is 367 Å². The van der Waals surface area contributed by atoms with Gasteiger partial charge in [-0.3, -0.25) is 9.59 Å². The minimum atomic E-state index is -1.01. The summed E-state index contributed by atoms with van der Waals surface area (Å²) < 4.78 is 0. The molecule has 0 unspecified atom stereocenters. The number of carboxylic acids is 2. The predicted octanol–water partition coefficient (Wildman–Crippen LogP) is 12.2. The number of hydrogen-bond acceptors (Lipinski definition) is 4. The molecule has 6 aromatic rings. The first-order chi connectivity index (χ1) is 28.9. The van der Waals surface area contributed by atoms with Crippen LogP contribution >= 0.6 is 46.4 Å². The van der Waals surface area contributed by atoms with E-state index in [-0.39, 0.29) is 23.9 Å². The molecule has 2 amide bonds. The van der Waals surface area contributed by atoms with Gasteiger partial charge in [0.1, 0.15) is 12.1 Å². The maximum absolute atomic E-state index is 13.4. The van der Waals surface area contributed by atoms with Gasteiger partial charge in [0.05, 0.1) is 12.1 Å². The first-order valence-corrected chi connectivity index (χ1v) is 20.7. The van der Waals surface area contributed by atoms with Gasteiger partial charge in [-0.05, 0) is 120 Å². The van der Waals surface area contributed by atoms with Crippen LogP contribution in [0.5, 0.6) is 0 Å². The van der Waals surface area contributed by atoms with Crippen molar-refractivity contribution in [3.05, 3.63) is 188 Å². The number of likely N-dealkylation sites (tertiary alicyclic amines) is 2. The molecule has 6 aromatic carbocycles. The molecule has 0 aromatic heterocycles. The molecule has 2 heterocycles. The molecular formula is C48H38Cl4N2O6. The minimum Gasteiger partial charge on any atom is -0.480 e. The third-order valence-electron chi connectivity index (χ3n) is 10.9. The lowest BCUT2D eigenvalue weighted by molar-refractivity contribution is -0.142. The van der Waals surface area contributed by atoms with Crippen LogP contribution in [0.15, 0.2) is 146 Å². The van der Waals surface area contributed by atoms with Crippen molar-refractivity contribution in [2.24, 2.45) is 0 Å². The van der Waals surface area contributed by atoms with E-state index in [4.69, 9.17) is 46.4 Å². The minimum absolute atomic E-state index is 0.313. The fourth-order valence-corrected chi connectivity index (χ4v) is 8.83. The molecule has 2 N–H and O–H groups in total. The Kier molecular flexibility index (Phi) is 13.3. The molecule has 2 fully saturated rings. The quantitative estimate of drug-likeness (QED) is 0.157. The van der Waals surface area contributed by atoms with E-state index in [1.54, 1.807) is 42.5 Å². The van der Waals surface area contributed by atoms with Crippen LogP contribution in [0.25, 0.3) is 22.3 Å². The summed E-state index contributed by atoms with van der Waals surface area (Å²) >= 11 is 24.7. The SMILES string of the molecule is O=C(O)[C@@H]1CC[C@H](c2ccccc2Cl)N1C(=O)c1ccc(-c2ccc(Cl)cc2)cc1.O=C(O)[C@@H]1CC[C@H](c2ccccc2Cl)N1C(=O)c1ccc(-c2cccc(Cl)c2)cc1. The van der Waals surface area contributed by atoms with Gasteiger partial charge in [0.25, 0.3) is 11.8 Å². The van der Waals surface area contributed by atoms with Crippen molar-refractivity contribution < 1.29 is 29.4 Å². The van der Waals surface area contributed by atoms with E-state index < -0.39 is 24.0 Å². The van der Waals surface area contributed by atoms with Crippen molar-refractivity contribution in [1.29, 1.82) is 0 Å². The fourth-order valence-electron chi connectivity index (χ4n) is 7.99. The van der Waals surface area contributed by atoms with Gasteiger partial charge < -0.3 is 20.0 Å². The molecule has 60 heavy (non-hydrogen) atoms. The Hall–Kier alpha value is -5.64. The van der Waals surface area contributed by atoms with Crippen molar-refractivity contribution in [3.8, 4) is 22.3 Å². The Balaban J connectivity index is 0.000000181. The molecule has 304 valence electrons. The number of carbonyl (C=O) groups excluding carboxylic acids is 2. The molecule has 0 radical (unpaired) electrons. The largest absolute Gasteiger partial charge is 0.480 e. The molecule has 8 nitrogen and oxygen atoms in total. The molecule has 2 aliphatic rings. The zero-order chi connectivity index (χ0) is 42.5. The van der Waals surface area contributed by atoms with Crippen LogP contribution in [0.4, 0.5) is 0 Å². The summed E-state index contributed by atoms with van der Waals surface area (Å²) in [5.41, 5.74) is 6.22. The van der Waals surface area contributed by atoms with Crippen molar-refractivity contribution >= 4 is 70.2 Å². The predicted molar refractivity (Wildman–Crippen MR) is 236 cm³/mol. The average molecular weight is 881 g/mol. The van der Waals surface area contributed by atoms with Crippen molar-refractivity contribution in [1.82, 2.24) is 9.80 Å². The third-order valence-corrected chi connectivity index (χ3v) is 12.1. The molecule has 4 atom stereocenters. The van der Waals surface area contributed by atoms with Crippen LogP contribution in [0.3, 0.4) is 0 Å². The van der Waals surface area contributed by atoms with E-state index in [1.807, 2.05) is 103 Å². The Morgan fingerprint density at radius 3 is 1.23 bits per heavy atom. The highest BCUT2D eigenvalue weighted by molar-refractivity contribution is 6.32. The number of halogens is 4. The second kappa shape index (κ2) is 18.7. The average Bonchev–Trinajstić information content (AvgIpc) is 3.91. The Morgan fingerprint density at radius 1 is 0.433 bits per heavy atom. The second-order valence-corrected chi connectivity index (χ2v) is 16.2. The molecule has 0 saturated carbocycles. The van der Waals surface area contributed by atoms with Crippen LogP contribution in [-0.4, -0.2) is 55.8 Å². The number of benzene rings is 6. The fraction of sp³-hybridized carbons (Fsp3) is 0.167. The number of carboxylic acid groups (broad SMARTS) is 2. The summed E-state index contributed by atoms with van der Waals surface area (Å²) in [5, 5.41) is 21.7. The summed E-state index contributed by atoms with van der Waals surface area (Å²) in [7, 11) is 0. The van der Waals surface area contributed by atoms with E-state index in [9.17, 15) is 29.4 Å². The van der Waals surface area contributed by atoms with Crippen molar-refractivity contribution in [2.75, 3.05) is 0 Å². The monoisotopic (exact) mass is 878 g/mol. The van der Waals surface area contributed by atoms with Crippen molar-refractivity contribution in [3.63, 3.8) is 0 Å². The summed E-state index contributed by atoms with van der Waals surface area (Å²) in [6.45, 7) is 0. The lowest BCUT2D eigenvalue weighted by atomic mass is 10.0.